The molecule has 32 heavy (non-hydrogen) atoms. The number of hydrogen-bond acceptors (Lipinski definition) is 5. The molecular formula is C24H24ClNO6. The van der Waals surface area contributed by atoms with Gasteiger partial charge in [-0.05, 0) is 66.8 Å². The molecule has 0 spiro atoms. The first-order valence-corrected chi connectivity index (χ1v) is 10.2. The maximum atomic E-state index is 10.3. The highest BCUT2D eigenvalue weighted by Gasteiger charge is 2.16. The van der Waals surface area contributed by atoms with Crippen LogP contribution < -0.4 is 4.74 Å². The summed E-state index contributed by atoms with van der Waals surface area (Å²) in [5.74, 6) is -2.91. The maximum Gasteiger partial charge on any atom is 0.414 e. The van der Waals surface area contributed by atoms with Crippen LogP contribution in [-0.4, -0.2) is 44.5 Å². The molecule has 0 saturated carbocycles. The van der Waals surface area contributed by atoms with Crippen LogP contribution in [0.2, 0.25) is 5.02 Å². The third-order valence-electron chi connectivity index (χ3n) is 4.51. The van der Waals surface area contributed by atoms with Crippen LogP contribution in [0.1, 0.15) is 18.9 Å². The summed E-state index contributed by atoms with van der Waals surface area (Å²) in [5.41, 5.74) is 3.25. The molecule has 0 aliphatic rings. The fraction of sp³-hybridized carbons (Fsp3) is 0.208. The predicted molar refractivity (Wildman–Crippen MR) is 121 cm³/mol. The molecule has 0 fully saturated rings. The molecular weight excluding hydrogens is 434 g/mol. The smallest absolute Gasteiger partial charge is 0.414 e. The summed E-state index contributed by atoms with van der Waals surface area (Å²) < 4.78 is 5.89. The van der Waals surface area contributed by atoms with E-state index in [0.717, 1.165) is 28.9 Å². The Balaban J connectivity index is 0.000000534. The molecule has 0 radical (unpaired) electrons. The minimum Gasteiger partial charge on any atom is -0.488 e. The van der Waals surface area contributed by atoms with Crippen molar-refractivity contribution in [2.45, 2.75) is 32.0 Å². The highest BCUT2D eigenvalue weighted by molar-refractivity contribution is 6.30. The lowest BCUT2D eigenvalue weighted by Crippen LogP contribution is -2.29. The first-order chi connectivity index (χ1) is 15.3. The molecule has 0 unspecified atom stereocenters. The van der Waals surface area contributed by atoms with E-state index in [0.29, 0.717) is 11.4 Å². The molecule has 0 saturated heterocycles. The molecule has 3 aromatic rings. The number of benzene rings is 2. The molecule has 2 aromatic carbocycles. The number of nitrogens with zero attached hydrogens (tertiary/aromatic N) is 1. The van der Waals surface area contributed by atoms with E-state index in [2.05, 4.69) is 4.98 Å². The number of carboxylic acids is 2. The number of pyridine rings is 1. The Labute approximate surface area is 190 Å². The van der Waals surface area contributed by atoms with Crippen molar-refractivity contribution in [3.05, 3.63) is 83.6 Å². The molecule has 1 aromatic heterocycles. The van der Waals surface area contributed by atoms with Crippen molar-refractivity contribution in [3.63, 3.8) is 0 Å². The van der Waals surface area contributed by atoms with Gasteiger partial charge in [0.25, 0.3) is 0 Å². The number of ether oxygens (including phenoxy) is 1. The standard InChI is InChI=1S/C22H22ClNO2.C2H2O4/c1-16(22(25)12-7-17-4-3-13-24-15-17)26-21-10-8-18(9-11-21)19-5-2-6-20(23)14-19;3-1(4)2(5)6/h2-6,8-11,13-16,22,25H,7,12H2,1H3;(H,3,4)(H,5,6)/t16-,22-;/m0./s1. The Morgan fingerprint density at radius 1 is 1.00 bits per heavy atom. The third-order valence-corrected chi connectivity index (χ3v) is 4.75. The number of halogens is 1. The van der Waals surface area contributed by atoms with Crippen molar-refractivity contribution < 1.29 is 29.6 Å². The summed E-state index contributed by atoms with van der Waals surface area (Å²) in [6.45, 7) is 1.89. The Morgan fingerprint density at radius 3 is 2.25 bits per heavy atom. The largest absolute Gasteiger partial charge is 0.488 e. The van der Waals surface area contributed by atoms with E-state index in [1.54, 1.807) is 6.20 Å². The van der Waals surface area contributed by atoms with Crippen LogP contribution in [0, 0.1) is 0 Å². The number of hydrogen-bond donors (Lipinski definition) is 3. The van der Waals surface area contributed by atoms with E-state index < -0.39 is 18.0 Å². The zero-order chi connectivity index (χ0) is 23.5. The van der Waals surface area contributed by atoms with Crippen molar-refractivity contribution in [1.82, 2.24) is 4.98 Å². The number of aliphatic hydroxyl groups is 1. The predicted octanol–water partition coefficient (Wildman–Crippen LogP) is 4.32. The molecule has 3 N–H and O–H groups in total. The summed E-state index contributed by atoms with van der Waals surface area (Å²) in [6, 6.07) is 19.5. The van der Waals surface area contributed by atoms with E-state index in [1.165, 1.54) is 0 Å². The topological polar surface area (TPSA) is 117 Å². The number of aliphatic hydroxyl groups excluding tert-OH is 1. The van der Waals surface area contributed by atoms with Gasteiger partial charge in [-0.15, -0.1) is 0 Å². The van der Waals surface area contributed by atoms with Gasteiger partial charge < -0.3 is 20.1 Å². The summed E-state index contributed by atoms with van der Waals surface area (Å²) in [4.78, 5) is 22.3. The van der Waals surface area contributed by atoms with Gasteiger partial charge in [0.05, 0.1) is 6.10 Å². The normalized spacial score (nSPS) is 12.1. The number of carboxylic acid groups (broad SMARTS) is 2. The minimum absolute atomic E-state index is 0.288. The first-order valence-electron chi connectivity index (χ1n) is 9.82. The van der Waals surface area contributed by atoms with Crippen LogP contribution in [0.3, 0.4) is 0 Å². The lowest BCUT2D eigenvalue weighted by Gasteiger charge is -2.20. The average molecular weight is 458 g/mol. The van der Waals surface area contributed by atoms with Gasteiger partial charge in [-0.25, -0.2) is 9.59 Å². The lowest BCUT2D eigenvalue weighted by atomic mass is 10.0. The quantitative estimate of drug-likeness (QED) is 0.452. The van der Waals surface area contributed by atoms with E-state index in [9.17, 15) is 5.11 Å². The van der Waals surface area contributed by atoms with Gasteiger partial charge in [0.15, 0.2) is 0 Å². The fourth-order valence-corrected chi connectivity index (χ4v) is 2.97. The first kappa shape index (κ1) is 24.8. The summed E-state index contributed by atoms with van der Waals surface area (Å²) in [6.07, 6.45) is 4.15. The zero-order valence-corrected chi connectivity index (χ0v) is 18.1. The lowest BCUT2D eigenvalue weighted by molar-refractivity contribution is -0.159. The molecule has 2 atom stereocenters. The van der Waals surface area contributed by atoms with Crippen LogP contribution in [-0.2, 0) is 16.0 Å². The molecule has 7 nitrogen and oxygen atoms in total. The Kier molecular flexibility index (Phi) is 9.66. The summed E-state index contributed by atoms with van der Waals surface area (Å²) in [7, 11) is 0. The number of carbonyl (C=O) groups is 2. The van der Waals surface area contributed by atoms with Crippen LogP contribution in [0.15, 0.2) is 73.1 Å². The monoisotopic (exact) mass is 457 g/mol. The van der Waals surface area contributed by atoms with Crippen molar-refractivity contribution >= 4 is 23.5 Å². The number of aromatic nitrogens is 1. The maximum absolute atomic E-state index is 10.3. The minimum atomic E-state index is -1.82. The number of aryl methyl sites for hydroxylation is 1. The van der Waals surface area contributed by atoms with Crippen molar-refractivity contribution in [2.24, 2.45) is 0 Å². The van der Waals surface area contributed by atoms with Crippen LogP contribution in [0.5, 0.6) is 5.75 Å². The van der Waals surface area contributed by atoms with Crippen LogP contribution in [0.4, 0.5) is 0 Å². The van der Waals surface area contributed by atoms with Gasteiger partial charge in [-0.1, -0.05) is 41.9 Å². The molecule has 0 aliphatic carbocycles. The SMILES string of the molecule is C[C@H](Oc1ccc(-c2cccc(Cl)c2)cc1)[C@@H](O)CCc1cccnc1.O=C(O)C(=O)O. The van der Waals surface area contributed by atoms with Gasteiger partial charge in [-0.2, -0.15) is 0 Å². The number of rotatable bonds is 7. The molecule has 8 heteroatoms. The molecule has 0 aliphatic heterocycles. The molecule has 1 heterocycles. The molecule has 0 amide bonds. The van der Waals surface area contributed by atoms with Crippen molar-refractivity contribution in [3.8, 4) is 16.9 Å². The Morgan fingerprint density at radius 2 is 1.69 bits per heavy atom. The second kappa shape index (κ2) is 12.4. The van der Waals surface area contributed by atoms with Crippen LogP contribution >= 0.6 is 11.6 Å². The second-order valence-corrected chi connectivity index (χ2v) is 7.37. The molecule has 0 bridgehead atoms. The summed E-state index contributed by atoms with van der Waals surface area (Å²) >= 11 is 6.05. The van der Waals surface area contributed by atoms with Gasteiger partial charge in [-0.3, -0.25) is 4.98 Å². The highest BCUT2D eigenvalue weighted by Crippen LogP contribution is 2.25. The van der Waals surface area contributed by atoms with Crippen molar-refractivity contribution in [1.29, 1.82) is 0 Å². The zero-order valence-electron chi connectivity index (χ0n) is 17.4. The third kappa shape index (κ3) is 8.37. The van der Waals surface area contributed by atoms with E-state index in [4.69, 9.17) is 36.1 Å². The average Bonchev–Trinajstić information content (AvgIpc) is 2.79. The fourth-order valence-electron chi connectivity index (χ4n) is 2.78. The van der Waals surface area contributed by atoms with Gasteiger partial charge in [0.1, 0.15) is 11.9 Å². The van der Waals surface area contributed by atoms with E-state index in [-0.39, 0.29) is 6.10 Å². The van der Waals surface area contributed by atoms with Gasteiger partial charge in [0.2, 0.25) is 0 Å². The molecule has 3 rings (SSSR count). The Bertz CT molecular complexity index is 999. The van der Waals surface area contributed by atoms with E-state index >= 15 is 0 Å². The highest BCUT2D eigenvalue weighted by atomic mass is 35.5. The Hall–Kier alpha value is -3.42. The second-order valence-electron chi connectivity index (χ2n) is 6.94. The van der Waals surface area contributed by atoms with E-state index in [1.807, 2.05) is 73.8 Å². The molecule has 168 valence electrons. The van der Waals surface area contributed by atoms with Crippen molar-refractivity contribution in [2.75, 3.05) is 0 Å². The summed E-state index contributed by atoms with van der Waals surface area (Å²) in [5, 5.41) is 25.8. The van der Waals surface area contributed by atoms with Crippen LogP contribution in [0.25, 0.3) is 11.1 Å². The van der Waals surface area contributed by atoms with Gasteiger partial charge in [0, 0.05) is 17.4 Å². The van der Waals surface area contributed by atoms with Gasteiger partial charge >= 0.3 is 11.9 Å². The number of aliphatic carboxylic acids is 2.